The number of amides is 1. The first-order valence-corrected chi connectivity index (χ1v) is 7.69. The van der Waals surface area contributed by atoms with Crippen LogP contribution in [0.1, 0.15) is 40.6 Å². The number of rotatable bonds is 4. The van der Waals surface area contributed by atoms with Crippen molar-refractivity contribution in [3.8, 4) is 11.5 Å². The maximum Gasteiger partial charge on any atom is 0.274 e. The Morgan fingerprint density at radius 1 is 1.30 bits per heavy atom. The Balaban J connectivity index is 1.94. The molecule has 1 saturated heterocycles. The Hall–Kier alpha value is -2.50. The normalized spacial score (nSPS) is 17.3. The highest BCUT2D eigenvalue weighted by Gasteiger charge is 2.33. The Kier molecular flexibility index (Phi) is 4.23. The van der Waals surface area contributed by atoms with Crippen molar-refractivity contribution in [2.75, 3.05) is 20.8 Å². The molecule has 23 heavy (non-hydrogen) atoms. The van der Waals surface area contributed by atoms with Crippen LogP contribution in [0.3, 0.4) is 0 Å². The molecular formula is C17H21N3O3. The number of benzene rings is 1. The van der Waals surface area contributed by atoms with Gasteiger partial charge < -0.3 is 14.4 Å². The van der Waals surface area contributed by atoms with E-state index in [-0.39, 0.29) is 11.9 Å². The van der Waals surface area contributed by atoms with E-state index in [1.807, 2.05) is 30.0 Å². The van der Waals surface area contributed by atoms with E-state index in [1.54, 1.807) is 20.3 Å². The van der Waals surface area contributed by atoms with Gasteiger partial charge in [0, 0.05) is 17.8 Å². The number of nitrogens with one attached hydrogen (secondary N) is 1. The van der Waals surface area contributed by atoms with Gasteiger partial charge in [0.25, 0.3) is 5.91 Å². The van der Waals surface area contributed by atoms with Gasteiger partial charge in [-0.1, -0.05) is 0 Å². The third-order valence-corrected chi connectivity index (χ3v) is 4.23. The molecule has 0 spiro atoms. The molecule has 2 aromatic rings. The van der Waals surface area contributed by atoms with E-state index in [0.29, 0.717) is 5.69 Å². The van der Waals surface area contributed by atoms with Crippen LogP contribution in [0.5, 0.6) is 11.5 Å². The molecule has 2 heterocycles. The van der Waals surface area contributed by atoms with Crippen molar-refractivity contribution >= 4 is 5.91 Å². The van der Waals surface area contributed by atoms with E-state index < -0.39 is 0 Å². The number of carbonyl (C=O) groups excluding carboxylic acids is 1. The summed E-state index contributed by atoms with van der Waals surface area (Å²) in [5.41, 5.74) is 2.31. The van der Waals surface area contributed by atoms with Crippen LogP contribution in [0.4, 0.5) is 0 Å². The maximum atomic E-state index is 12.8. The molecule has 1 fully saturated rings. The lowest BCUT2D eigenvalue weighted by molar-refractivity contribution is 0.0728. The van der Waals surface area contributed by atoms with Crippen LogP contribution >= 0.6 is 0 Å². The molecule has 1 amide bonds. The second-order valence-electron chi connectivity index (χ2n) is 5.70. The van der Waals surface area contributed by atoms with E-state index in [9.17, 15) is 4.79 Å². The van der Waals surface area contributed by atoms with Gasteiger partial charge in [0.05, 0.1) is 20.3 Å². The van der Waals surface area contributed by atoms with Gasteiger partial charge in [0.2, 0.25) is 0 Å². The standard InChI is InChI=1S/C17H21N3O3/c1-11-9-14(19-18-11)17(21)20-8-4-5-15(20)13-10-12(22-2)6-7-16(13)23-3/h6-7,9-10,15H,4-5,8H2,1-3H3,(H,18,19). The highest BCUT2D eigenvalue weighted by molar-refractivity contribution is 5.93. The minimum Gasteiger partial charge on any atom is -0.497 e. The Morgan fingerprint density at radius 2 is 2.13 bits per heavy atom. The Bertz CT molecular complexity index is 711. The molecule has 6 nitrogen and oxygen atoms in total. The summed E-state index contributed by atoms with van der Waals surface area (Å²) in [6.45, 7) is 2.60. The van der Waals surface area contributed by atoms with E-state index in [2.05, 4.69) is 10.2 Å². The zero-order valence-electron chi connectivity index (χ0n) is 13.6. The Morgan fingerprint density at radius 3 is 2.78 bits per heavy atom. The highest BCUT2D eigenvalue weighted by atomic mass is 16.5. The first kappa shape index (κ1) is 15.4. The second kappa shape index (κ2) is 6.32. The van der Waals surface area contributed by atoms with Crippen LogP contribution in [0, 0.1) is 6.92 Å². The first-order valence-electron chi connectivity index (χ1n) is 7.69. The monoisotopic (exact) mass is 315 g/mol. The molecular weight excluding hydrogens is 294 g/mol. The Labute approximate surface area is 135 Å². The van der Waals surface area contributed by atoms with Gasteiger partial charge in [0.1, 0.15) is 17.2 Å². The van der Waals surface area contributed by atoms with Crippen molar-refractivity contribution in [1.82, 2.24) is 15.1 Å². The highest BCUT2D eigenvalue weighted by Crippen LogP contribution is 2.39. The number of nitrogens with zero attached hydrogens (tertiary/aromatic N) is 2. The number of hydrogen-bond donors (Lipinski definition) is 1. The molecule has 1 aliphatic rings. The number of ether oxygens (including phenoxy) is 2. The first-order chi connectivity index (χ1) is 11.1. The summed E-state index contributed by atoms with van der Waals surface area (Å²) in [6.07, 6.45) is 1.86. The molecule has 1 N–H and O–H groups in total. The van der Waals surface area contributed by atoms with Gasteiger partial charge in [-0.3, -0.25) is 9.89 Å². The quantitative estimate of drug-likeness (QED) is 0.942. The zero-order valence-corrected chi connectivity index (χ0v) is 13.6. The maximum absolute atomic E-state index is 12.8. The van der Waals surface area contributed by atoms with Crippen molar-refractivity contribution in [3.63, 3.8) is 0 Å². The van der Waals surface area contributed by atoms with Crippen LogP contribution in [0.15, 0.2) is 24.3 Å². The van der Waals surface area contributed by atoms with E-state index in [4.69, 9.17) is 9.47 Å². The minimum atomic E-state index is -0.0540. The van der Waals surface area contributed by atoms with Gasteiger partial charge in [-0.2, -0.15) is 5.10 Å². The lowest BCUT2D eigenvalue weighted by atomic mass is 10.0. The molecule has 6 heteroatoms. The summed E-state index contributed by atoms with van der Waals surface area (Å²) in [4.78, 5) is 14.6. The van der Waals surface area contributed by atoms with Crippen LogP contribution in [0.2, 0.25) is 0 Å². The average Bonchev–Trinajstić information content (AvgIpc) is 3.22. The average molecular weight is 315 g/mol. The summed E-state index contributed by atoms with van der Waals surface area (Å²) in [7, 11) is 3.28. The zero-order chi connectivity index (χ0) is 16.4. The summed E-state index contributed by atoms with van der Waals surface area (Å²) in [5, 5.41) is 6.92. The minimum absolute atomic E-state index is 0.0236. The van der Waals surface area contributed by atoms with Gasteiger partial charge in [-0.25, -0.2) is 0 Å². The number of aromatic amines is 1. The predicted octanol–water partition coefficient (Wildman–Crippen LogP) is 2.71. The van der Waals surface area contributed by atoms with Crippen molar-refractivity contribution in [3.05, 3.63) is 41.2 Å². The predicted molar refractivity (Wildman–Crippen MR) is 85.9 cm³/mol. The van der Waals surface area contributed by atoms with E-state index >= 15 is 0 Å². The second-order valence-corrected chi connectivity index (χ2v) is 5.70. The molecule has 122 valence electrons. The SMILES string of the molecule is COc1ccc(OC)c(C2CCCN2C(=O)c2cc(C)[nH]n2)c1. The molecule has 0 radical (unpaired) electrons. The van der Waals surface area contributed by atoms with Gasteiger partial charge in [-0.15, -0.1) is 0 Å². The molecule has 0 bridgehead atoms. The number of methoxy groups -OCH3 is 2. The van der Waals surface area contributed by atoms with Crippen molar-refractivity contribution in [2.45, 2.75) is 25.8 Å². The van der Waals surface area contributed by atoms with Crippen molar-refractivity contribution < 1.29 is 14.3 Å². The molecule has 1 aromatic heterocycles. The molecule has 0 saturated carbocycles. The summed E-state index contributed by atoms with van der Waals surface area (Å²) in [6, 6.07) is 7.45. The molecule has 1 aliphatic heterocycles. The van der Waals surface area contributed by atoms with Crippen LogP contribution < -0.4 is 9.47 Å². The number of H-pyrrole nitrogens is 1. The molecule has 3 rings (SSSR count). The largest absolute Gasteiger partial charge is 0.497 e. The van der Waals surface area contributed by atoms with Crippen molar-refractivity contribution in [2.24, 2.45) is 0 Å². The van der Waals surface area contributed by atoms with E-state index in [0.717, 1.165) is 42.1 Å². The summed E-state index contributed by atoms with van der Waals surface area (Å²) in [5.74, 6) is 1.48. The fraction of sp³-hybridized carbons (Fsp3) is 0.412. The van der Waals surface area contributed by atoms with Gasteiger partial charge in [0.15, 0.2) is 0 Å². The van der Waals surface area contributed by atoms with Crippen molar-refractivity contribution in [1.29, 1.82) is 0 Å². The smallest absolute Gasteiger partial charge is 0.274 e. The lowest BCUT2D eigenvalue weighted by Gasteiger charge is -2.26. The number of carbonyl (C=O) groups is 1. The third kappa shape index (κ3) is 2.88. The molecule has 1 unspecified atom stereocenters. The number of aryl methyl sites for hydroxylation is 1. The lowest BCUT2D eigenvalue weighted by Crippen LogP contribution is -2.31. The summed E-state index contributed by atoms with van der Waals surface area (Å²) < 4.78 is 10.8. The topological polar surface area (TPSA) is 67.5 Å². The van der Waals surface area contributed by atoms with Crippen LogP contribution in [-0.2, 0) is 0 Å². The number of hydrogen-bond acceptors (Lipinski definition) is 4. The fourth-order valence-electron chi connectivity index (χ4n) is 3.11. The number of likely N-dealkylation sites (tertiary alicyclic amines) is 1. The van der Waals surface area contributed by atoms with E-state index in [1.165, 1.54) is 0 Å². The van der Waals surface area contributed by atoms with Gasteiger partial charge >= 0.3 is 0 Å². The van der Waals surface area contributed by atoms with Crippen LogP contribution in [-0.4, -0.2) is 41.8 Å². The molecule has 1 atom stereocenters. The molecule has 1 aromatic carbocycles. The summed E-state index contributed by atoms with van der Waals surface area (Å²) >= 11 is 0. The molecule has 0 aliphatic carbocycles. The van der Waals surface area contributed by atoms with Gasteiger partial charge in [-0.05, 0) is 44.0 Å². The fourth-order valence-corrected chi connectivity index (χ4v) is 3.11. The number of aromatic nitrogens is 2. The third-order valence-electron chi connectivity index (χ3n) is 4.23. The van der Waals surface area contributed by atoms with Crippen LogP contribution in [0.25, 0.3) is 0 Å².